The molecule has 3 heterocycles. The highest BCUT2D eigenvalue weighted by Gasteiger charge is 2.25. The number of piperidine rings is 1. The molecule has 0 radical (unpaired) electrons. The van der Waals surface area contributed by atoms with Crippen LogP contribution in [-0.2, 0) is 6.42 Å². The number of nitrogens with one attached hydrogen (secondary N) is 2. The zero-order valence-corrected chi connectivity index (χ0v) is 13.3. The molecule has 1 saturated heterocycles. The summed E-state index contributed by atoms with van der Waals surface area (Å²) in [6.45, 7) is 3.51. The maximum Gasteiger partial charge on any atom is 0.317 e. The van der Waals surface area contributed by atoms with Crippen LogP contribution in [0.5, 0.6) is 0 Å². The van der Waals surface area contributed by atoms with E-state index < -0.39 is 0 Å². The normalized spacial score (nSPS) is 17.0. The molecule has 7 heteroatoms. The Morgan fingerprint density at radius 3 is 2.96 bits per heavy atom. The average Bonchev–Trinajstić information content (AvgIpc) is 3.10. The third-order valence-corrected chi connectivity index (χ3v) is 4.24. The molecule has 0 aromatic carbocycles. The van der Waals surface area contributed by atoms with Crippen molar-refractivity contribution in [2.45, 2.75) is 38.1 Å². The van der Waals surface area contributed by atoms with E-state index in [2.05, 4.69) is 25.5 Å². The fraction of sp³-hybridized carbons (Fsp3) is 0.500. The van der Waals surface area contributed by atoms with E-state index in [0.29, 0.717) is 5.92 Å². The number of pyridine rings is 1. The van der Waals surface area contributed by atoms with E-state index in [0.717, 1.165) is 43.7 Å². The smallest absolute Gasteiger partial charge is 0.317 e. The standard InChI is InChI=1S/C16H22N6O/c1-12(9-13-3-2-6-17-10-13)20-16(23)22-7-4-14(5-8-22)15-18-11-19-21-15/h2-3,6,10-12,14H,4-5,7-9H2,1H3,(H,20,23)(H,18,19,21)/t12-/m1/s1. The minimum Gasteiger partial charge on any atom is -0.335 e. The fourth-order valence-electron chi connectivity index (χ4n) is 2.99. The molecule has 2 amide bonds. The van der Waals surface area contributed by atoms with Crippen LogP contribution >= 0.6 is 0 Å². The van der Waals surface area contributed by atoms with Gasteiger partial charge in [0, 0.05) is 37.4 Å². The molecule has 1 fully saturated rings. The summed E-state index contributed by atoms with van der Waals surface area (Å²) in [6, 6.07) is 4.03. The van der Waals surface area contributed by atoms with Crippen LogP contribution in [0.4, 0.5) is 4.79 Å². The van der Waals surface area contributed by atoms with Gasteiger partial charge in [0.25, 0.3) is 0 Å². The minimum atomic E-state index is 0.0115. The van der Waals surface area contributed by atoms with Gasteiger partial charge in [0.15, 0.2) is 0 Å². The lowest BCUT2D eigenvalue weighted by molar-refractivity contribution is 0.177. The number of H-pyrrole nitrogens is 1. The van der Waals surface area contributed by atoms with Gasteiger partial charge < -0.3 is 10.2 Å². The molecule has 1 aliphatic heterocycles. The van der Waals surface area contributed by atoms with Crippen molar-refractivity contribution in [2.24, 2.45) is 0 Å². The second-order valence-corrected chi connectivity index (χ2v) is 6.05. The highest BCUT2D eigenvalue weighted by molar-refractivity contribution is 5.74. The van der Waals surface area contributed by atoms with Crippen molar-refractivity contribution in [1.29, 1.82) is 0 Å². The lowest BCUT2D eigenvalue weighted by atomic mass is 9.96. The first kappa shape index (κ1) is 15.5. The maximum absolute atomic E-state index is 12.4. The quantitative estimate of drug-likeness (QED) is 0.899. The van der Waals surface area contributed by atoms with E-state index in [9.17, 15) is 4.79 Å². The molecule has 122 valence electrons. The largest absolute Gasteiger partial charge is 0.335 e. The lowest BCUT2D eigenvalue weighted by Crippen LogP contribution is -2.47. The monoisotopic (exact) mass is 314 g/mol. The van der Waals surface area contributed by atoms with Crippen LogP contribution in [-0.4, -0.2) is 50.2 Å². The molecular weight excluding hydrogens is 292 g/mol. The van der Waals surface area contributed by atoms with E-state index in [-0.39, 0.29) is 12.1 Å². The number of carbonyl (C=O) groups excluding carboxylic acids is 1. The van der Waals surface area contributed by atoms with E-state index in [1.54, 1.807) is 6.20 Å². The SMILES string of the molecule is C[C@H](Cc1cccnc1)NC(=O)N1CCC(c2ncn[nH]2)CC1. The van der Waals surface area contributed by atoms with Crippen LogP contribution in [0.3, 0.4) is 0 Å². The van der Waals surface area contributed by atoms with E-state index in [1.807, 2.05) is 30.2 Å². The van der Waals surface area contributed by atoms with Gasteiger partial charge in [-0.15, -0.1) is 0 Å². The fourth-order valence-corrected chi connectivity index (χ4v) is 2.99. The van der Waals surface area contributed by atoms with Crippen LogP contribution in [0.15, 0.2) is 30.9 Å². The van der Waals surface area contributed by atoms with Gasteiger partial charge in [0.1, 0.15) is 12.2 Å². The molecule has 7 nitrogen and oxygen atoms in total. The number of nitrogens with zero attached hydrogens (tertiary/aromatic N) is 4. The van der Waals surface area contributed by atoms with Crippen molar-refractivity contribution in [2.75, 3.05) is 13.1 Å². The van der Waals surface area contributed by atoms with Crippen LogP contribution in [0, 0.1) is 0 Å². The van der Waals surface area contributed by atoms with Gasteiger partial charge >= 0.3 is 6.03 Å². The Morgan fingerprint density at radius 2 is 2.30 bits per heavy atom. The third kappa shape index (κ3) is 4.06. The Labute approximate surface area is 135 Å². The lowest BCUT2D eigenvalue weighted by Gasteiger charge is -2.32. The Hall–Kier alpha value is -2.44. The number of aromatic nitrogens is 4. The molecule has 1 aliphatic rings. The van der Waals surface area contributed by atoms with Crippen molar-refractivity contribution in [1.82, 2.24) is 30.4 Å². The molecule has 0 spiro atoms. The highest BCUT2D eigenvalue weighted by Crippen LogP contribution is 2.24. The van der Waals surface area contributed by atoms with Gasteiger partial charge in [-0.25, -0.2) is 9.78 Å². The van der Waals surface area contributed by atoms with Gasteiger partial charge in [-0.05, 0) is 37.8 Å². The van der Waals surface area contributed by atoms with Crippen LogP contribution in [0.1, 0.15) is 37.1 Å². The number of hydrogen-bond donors (Lipinski definition) is 2. The summed E-state index contributed by atoms with van der Waals surface area (Å²) in [6.07, 6.45) is 7.75. The molecule has 0 saturated carbocycles. The second kappa shape index (κ2) is 7.21. The molecule has 0 bridgehead atoms. The van der Waals surface area contributed by atoms with Gasteiger partial charge in [-0.3, -0.25) is 10.1 Å². The predicted octanol–water partition coefficient (Wildman–Crippen LogP) is 1.72. The Balaban J connectivity index is 1.46. The zero-order chi connectivity index (χ0) is 16.1. The van der Waals surface area contributed by atoms with Gasteiger partial charge in [-0.2, -0.15) is 5.10 Å². The summed E-state index contributed by atoms with van der Waals surface area (Å²) in [7, 11) is 0. The first-order valence-corrected chi connectivity index (χ1v) is 8.02. The number of aromatic amines is 1. The summed E-state index contributed by atoms with van der Waals surface area (Å²) >= 11 is 0. The average molecular weight is 314 g/mol. The molecular formula is C16H22N6O. The molecule has 1 atom stereocenters. The first-order chi connectivity index (χ1) is 11.2. The topological polar surface area (TPSA) is 86.8 Å². The van der Waals surface area contributed by atoms with E-state index >= 15 is 0 Å². The number of carbonyl (C=O) groups is 1. The van der Waals surface area contributed by atoms with Gasteiger partial charge in [-0.1, -0.05) is 6.07 Å². The number of urea groups is 1. The molecule has 2 aromatic heterocycles. The highest BCUT2D eigenvalue weighted by atomic mass is 16.2. The van der Waals surface area contributed by atoms with E-state index in [1.165, 1.54) is 6.33 Å². The number of amides is 2. The molecule has 23 heavy (non-hydrogen) atoms. The summed E-state index contributed by atoms with van der Waals surface area (Å²) in [5, 5.41) is 9.89. The number of hydrogen-bond acceptors (Lipinski definition) is 4. The molecule has 0 unspecified atom stereocenters. The summed E-state index contributed by atoms with van der Waals surface area (Å²) < 4.78 is 0. The number of likely N-dealkylation sites (tertiary alicyclic amines) is 1. The van der Waals surface area contributed by atoms with Crippen LogP contribution < -0.4 is 5.32 Å². The molecule has 0 aliphatic carbocycles. The van der Waals surface area contributed by atoms with Crippen molar-refractivity contribution in [3.05, 3.63) is 42.2 Å². The molecule has 2 aromatic rings. The van der Waals surface area contributed by atoms with Crippen LogP contribution in [0.25, 0.3) is 0 Å². The van der Waals surface area contributed by atoms with Crippen molar-refractivity contribution in [3.8, 4) is 0 Å². The Bertz CT molecular complexity index is 607. The van der Waals surface area contributed by atoms with Crippen molar-refractivity contribution < 1.29 is 4.79 Å². The maximum atomic E-state index is 12.4. The van der Waals surface area contributed by atoms with Crippen LogP contribution in [0.2, 0.25) is 0 Å². The van der Waals surface area contributed by atoms with Gasteiger partial charge in [0.05, 0.1) is 0 Å². The third-order valence-electron chi connectivity index (χ3n) is 4.24. The summed E-state index contributed by atoms with van der Waals surface area (Å²) in [4.78, 5) is 22.6. The second-order valence-electron chi connectivity index (χ2n) is 6.05. The predicted molar refractivity (Wildman–Crippen MR) is 85.9 cm³/mol. The molecule has 3 rings (SSSR count). The summed E-state index contributed by atoms with van der Waals surface area (Å²) in [5.41, 5.74) is 1.13. The minimum absolute atomic E-state index is 0.0115. The summed E-state index contributed by atoms with van der Waals surface area (Å²) in [5.74, 6) is 1.30. The van der Waals surface area contributed by atoms with E-state index in [4.69, 9.17) is 0 Å². The number of rotatable bonds is 4. The zero-order valence-electron chi connectivity index (χ0n) is 13.3. The Kier molecular flexibility index (Phi) is 4.85. The Morgan fingerprint density at radius 1 is 1.48 bits per heavy atom. The first-order valence-electron chi connectivity index (χ1n) is 8.02. The van der Waals surface area contributed by atoms with Gasteiger partial charge in [0.2, 0.25) is 0 Å². The molecule has 2 N–H and O–H groups in total. The van der Waals surface area contributed by atoms with Crippen molar-refractivity contribution in [3.63, 3.8) is 0 Å². The van der Waals surface area contributed by atoms with Crippen molar-refractivity contribution >= 4 is 6.03 Å².